The molecule has 0 saturated carbocycles. The molecular weight excluding hydrogens is 244 g/mol. The Morgan fingerprint density at radius 2 is 1.89 bits per heavy atom. The maximum Gasteiger partial charge on any atom is 0.0500 e. The van der Waals surface area contributed by atoms with Crippen molar-refractivity contribution in [2.75, 3.05) is 0 Å². The summed E-state index contributed by atoms with van der Waals surface area (Å²) in [4.78, 5) is 0. The Labute approximate surface area is 113 Å². The topological polar surface area (TPSA) is 38.0 Å². The summed E-state index contributed by atoms with van der Waals surface area (Å²) in [5.41, 5.74) is 6.47. The molecule has 3 N–H and O–H groups in total. The Balaban J connectivity index is 2.17. The molecule has 0 aromatic heterocycles. The molecular formula is C15H17ClN2. The summed E-state index contributed by atoms with van der Waals surface area (Å²) >= 11 is 6.00. The van der Waals surface area contributed by atoms with E-state index in [9.17, 15) is 0 Å². The van der Waals surface area contributed by atoms with Crippen LogP contribution in [0.3, 0.4) is 0 Å². The summed E-state index contributed by atoms with van der Waals surface area (Å²) in [5, 5.41) is 0.733. The highest BCUT2D eigenvalue weighted by Gasteiger charge is 2.10. The lowest BCUT2D eigenvalue weighted by molar-refractivity contribution is 0.552. The lowest BCUT2D eigenvalue weighted by Gasteiger charge is -2.16. The molecule has 1 atom stereocenters. The average molecular weight is 261 g/mol. The van der Waals surface area contributed by atoms with Gasteiger partial charge in [0, 0.05) is 5.02 Å². The van der Waals surface area contributed by atoms with Crippen LogP contribution in [0.5, 0.6) is 0 Å². The molecule has 0 aliphatic carbocycles. The molecule has 0 spiro atoms. The van der Waals surface area contributed by atoms with Crippen LogP contribution in [0.25, 0.3) is 0 Å². The number of halogens is 1. The van der Waals surface area contributed by atoms with Gasteiger partial charge in [-0.25, -0.2) is 0 Å². The van der Waals surface area contributed by atoms with Gasteiger partial charge in [-0.3, -0.25) is 11.3 Å². The first-order valence-electron chi connectivity index (χ1n) is 5.96. The predicted octanol–water partition coefficient (Wildman–Crippen LogP) is 3.40. The number of hydrogen-bond acceptors (Lipinski definition) is 2. The molecule has 0 radical (unpaired) electrons. The van der Waals surface area contributed by atoms with Gasteiger partial charge in [-0.05, 0) is 36.6 Å². The summed E-state index contributed by atoms with van der Waals surface area (Å²) in [6.45, 7) is 2.08. The molecule has 0 amide bonds. The van der Waals surface area contributed by atoms with Crippen molar-refractivity contribution in [3.05, 3.63) is 70.2 Å². The largest absolute Gasteiger partial charge is 0.271 e. The van der Waals surface area contributed by atoms with Crippen molar-refractivity contribution in [3.63, 3.8) is 0 Å². The van der Waals surface area contributed by atoms with Crippen LogP contribution in [0.1, 0.15) is 22.7 Å². The van der Waals surface area contributed by atoms with Gasteiger partial charge in [-0.15, -0.1) is 0 Å². The minimum atomic E-state index is 0.0754. The van der Waals surface area contributed by atoms with Crippen LogP contribution in [0.2, 0.25) is 5.02 Å². The molecule has 0 aliphatic heterocycles. The fraction of sp³-hybridized carbons (Fsp3) is 0.200. The van der Waals surface area contributed by atoms with Crippen LogP contribution in [-0.2, 0) is 6.42 Å². The van der Waals surface area contributed by atoms with Gasteiger partial charge in [-0.2, -0.15) is 0 Å². The summed E-state index contributed by atoms with van der Waals surface area (Å²) in [6.07, 6.45) is 0.844. The minimum absolute atomic E-state index is 0.0754. The van der Waals surface area contributed by atoms with Crippen LogP contribution in [0.4, 0.5) is 0 Å². The van der Waals surface area contributed by atoms with E-state index in [2.05, 4.69) is 36.6 Å². The van der Waals surface area contributed by atoms with Gasteiger partial charge in [0.15, 0.2) is 0 Å². The zero-order valence-corrected chi connectivity index (χ0v) is 11.1. The SMILES string of the molecule is Cc1ccc(CC(NN)c2cccc(Cl)c2)cc1. The first-order chi connectivity index (χ1) is 8.69. The molecule has 18 heavy (non-hydrogen) atoms. The number of nitrogens with two attached hydrogens (primary N) is 1. The van der Waals surface area contributed by atoms with Gasteiger partial charge in [0.1, 0.15) is 0 Å². The molecule has 1 unspecified atom stereocenters. The van der Waals surface area contributed by atoms with Crippen molar-refractivity contribution in [3.8, 4) is 0 Å². The maximum atomic E-state index is 6.00. The normalized spacial score (nSPS) is 12.4. The molecule has 2 rings (SSSR count). The number of benzene rings is 2. The fourth-order valence-corrected chi connectivity index (χ4v) is 2.15. The van der Waals surface area contributed by atoms with Crippen molar-refractivity contribution >= 4 is 11.6 Å². The van der Waals surface area contributed by atoms with E-state index < -0.39 is 0 Å². The van der Waals surface area contributed by atoms with E-state index in [0.717, 1.165) is 17.0 Å². The second-order valence-electron chi connectivity index (χ2n) is 4.46. The van der Waals surface area contributed by atoms with E-state index in [1.165, 1.54) is 11.1 Å². The lowest BCUT2D eigenvalue weighted by atomic mass is 9.99. The van der Waals surface area contributed by atoms with E-state index in [-0.39, 0.29) is 6.04 Å². The molecule has 3 heteroatoms. The van der Waals surface area contributed by atoms with Crippen molar-refractivity contribution in [1.82, 2.24) is 5.43 Å². The lowest BCUT2D eigenvalue weighted by Crippen LogP contribution is -2.29. The highest BCUT2D eigenvalue weighted by atomic mass is 35.5. The monoisotopic (exact) mass is 260 g/mol. The number of hydrazine groups is 1. The minimum Gasteiger partial charge on any atom is -0.271 e. The Hall–Kier alpha value is -1.35. The van der Waals surface area contributed by atoms with E-state index >= 15 is 0 Å². The van der Waals surface area contributed by atoms with E-state index in [4.69, 9.17) is 17.4 Å². The van der Waals surface area contributed by atoms with Gasteiger partial charge in [0.05, 0.1) is 6.04 Å². The molecule has 94 valence electrons. The predicted molar refractivity (Wildman–Crippen MR) is 76.4 cm³/mol. The third-order valence-electron chi connectivity index (χ3n) is 3.01. The Morgan fingerprint density at radius 1 is 1.17 bits per heavy atom. The molecule has 2 aromatic carbocycles. The first kappa shape index (κ1) is 13.1. The molecule has 0 bridgehead atoms. The van der Waals surface area contributed by atoms with Crippen LogP contribution in [0, 0.1) is 6.92 Å². The van der Waals surface area contributed by atoms with Gasteiger partial charge < -0.3 is 0 Å². The Morgan fingerprint density at radius 3 is 2.50 bits per heavy atom. The Kier molecular flexibility index (Phi) is 4.37. The molecule has 0 aliphatic rings. The smallest absolute Gasteiger partial charge is 0.0500 e. The zero-order valence-electron chi connectivity index (χ0n) is 10.4. The average Bonchev–Trinajstić information content (AvgIpc) is 2.38. The highest BCUT2D eigenvalue weighted by molar-refractivity contribution is 6.30. The maximum absolute atomic E-state index is 6.00. The third kappa shape index (κ3) is 3.33. The summed E-state index contributed by atoms with van der Waals surface area (Å²) in [5.74, 6) is 5.64. The summed E-state index contributed by atoms with van der Waals surface area (Å²) in [7, 11) is 0. The van der Waals surface area contributed by atoms with Gasteiger partial charge >= 0.3 is 0 Å². The number of hydrogen-bond donors (Lipinski definition) is 2. The van der Waals surface area contributed by atoms with E-state index in [1.807, 2.05) is 24.3 Å². The van der Waals surface area contributed by atoms with Gasteiger partial charge in [0.25, 0.3) is 0 Å². The third-order valence-corrected chi connectivity index (χ3v) is 3.25. The van der Waals surface area contributed by atoms with Gasteiger partial charge in [0.2, 0.25) is 0 Å². The van der Waals surface area contributed by atoms with Gasteiger partial charge in [-0.1, -0.05) is 53.6 Å². The van der Waals surface area contributed by atoms with Crippen molar-refractivity contribution in [1.29, 1.82) is 0 Å². The molecule has 0 fully saturated rings. The van der Waals surface area contributed by atoms with Crippen molar-refractivity contribution in [2.45, 2.75) is 19.4 Å². The van der Waals surface area contributed by atoms with E-state index in [1.54, 1.807) is 0 Å². The molecule has 0 heterocycles. The van der Waals surface area contributed by atoms with Crippen LogP contribution < -0.4 is 11.3 Å². The molecule has 0 saturated heterocycles. The van der Waals surface area contributed by atoms with Crippen LogP contribution in [0.15, 0.2) is 48.5 Å². The second-order valence-corrected chi connectivity index (χ2v) is 4.90. The van der Waals surface area contributed by atoms with Crippen molar-refractivity contribution < 1.29 is 0 Å². The fourth-order valence-electron chi connectivity index (χ4n) is 1.96. The van der Waals surface area contributed by atoms with Crippen molar-refractivity contribution in [2.24, 2.45) is 5.84 Å². The number of nitrogens with one attached hydrogen (secondary N) is 1. The Bertz CT molecular complexity index is 508. The zero-order chi connectivity index (χ0) is 13.0. The molecule has 2 nitrogen and oxygen atoms in total. The van der Waals surface area contributed by atoms with Crippen LogP contribution >= 0.6 is 11.6 Å². The summed E-state index contributed by atoms with van der Waals surface area (Å²) in [6, 6.07) is 16.3. The summed E-state index contributed by atoms with van der Waals surface area (Å²) < 4.78 is 0. The standard InChI is InChI=1S/C15H17ClN2/c1-11-5-7-12(8-6-11)9-15(18-17)13-3-2-4-14(16)10-13/h2-8,10,15,18H,9,17H2,1H3. The second kappa shape index (κ2) is 6.01. The number of aryl methyl sites for hydroxylation is 1. The molecule has 2 aromatic rings. The first-order valence-corrected chi connectivity index (χ1v) is 6.34. The van der Waals surface area contributed by atoms with E-state index in [0.29, 0.717) is 0 Å². The van der Waals surface area contributed by atoms with Crippen LogP contribution in [-0.4, -0.2) is 0 Å². The quantitative estimate of drug-likeness (QED) is 0.653. The highest BCUT2D eigenvalue weighted by Crippen LogP contribution is 2.21. The number of rotatable bonds is 4.